The second-order valence-electron chi connectivity index (χ2n) is 6.26. The molecule has 1 aliphatic rings. The van der Waals surface area contributed by atoms with Crippen molar-refractivity contribution in [3.8, 4) is 0 Å². The first-order valence-electron chi connectivity index (χ1n) is 8.23. The predicted octanol–water partition coefficient (Wildman–Crippen LogP) is 2.22. The maximum atomic E-state index is 13.0. The second kappa shape index (κ2) is 10.0. The van der Waals surface area contributed by atoms with Crippen molar-refractivity contribution in [1.82, 2.24) is 9.80 Å². The average molecular weight is 449 g/mol. The normalized spacial score (nSPS) is 15.8. The highest BCUT2D eigenvalue weighted by molar-refractivity contribution is 14.0. The van der Waals surface area contributed by atoms with Gasteiger partial charge in [0.25, 0.3) is 0 Å². The van der Waals surface area contributed by atoms with Crippen LogP contribution >= 0.6 is 24.0 Å². The predicted molar refractivity (Wildman–Crippen MR) is 110 cm³/mol. The largest absolute Gasteiger partial charge is 0.370 e. The molecule has 1 aliphatic heterocycles. The van der Waals surface area contributed by atoms with Crippen LogP contribution in [0.3, 0.4) is 0 Å². The van der Waals surface area contributed by atoms with Crippen molar-refractivity contribution in [2.45, 2.75) is 19.9 Å². The summed E-state index contributed by atoms with van der Waals surface area (Å²) in [5.41, 5.74) is 7.16. The number of hydrogen-bond donors (Lipinski definition) is 1. The number of halogens is 2. The van der Waals surface area contributed by atoms with E-state index in [2.05, 4.69) is 40.6 Å². The Hall–Kier alpha value is -1.09. The van der Waals surface area contributed by atoms with Gasteiger partial charge in [0, 0.05) is 44.5 Å². The molecular weight excluding hydrogens is 420 g/mol. The first-order valence-corrected chi connectivity index (χ1v) is 8.23. The van der Waals surface area contributed by atoms with E-state index in [0.29, 0.717) is 12.0 Å². The van der Waals surface area contributed by atoms with E-state index in [1.165, 1.54) is 12.1 Å². The van der Waals surface area contributed by atoms with Crippen LogP contribution in [0.25, 0.3) is 0 Å². The number of nitrogens with zero attached hydrogens (tertiary/aromatic N) is 4. The standard InChI is InChI=1S/C17H28FN5.HI/c1-14(2)21(3)9-8-20-17(19)23-12-10-22(11-13-23)16-6-4-15(18)5-7-16;/h4-7,14H,8-13H2,1-3H3,(H2,19,20);1H. The van der Waals surface area contributed by atoms with Crippen LogP contribution in [-0.2, 0) is 0 Å². The molecule has 0 unspecified atom stereocenters. The van der Waals surface area contributed by atoms with Crippen LogP contribution in [0.15, 0.2) is 29.3 Å². The Morgan fingerprint density at radius 1 is 1.21 bits per heavy atom. The van der Waals surface area contributed by atoms with Gasteiger partial charge in [-0.3, -0.25) is 4.99 Å². The number of aliphatic imine (C=N–C) groups is 1. The topological polar surface area (TPSA) is 48.1 Å². The summed E-state index contributed by atoms with van der Waals surface area (Å²) in [5.74, 6) is 0.427. The van der Waals surface area contributed by atoms with Crippen LogP contribution in [0.5, 0.6) is 0 Å². The van der Waals surface area contributed by atoms with E-state index < -0.39 is 0 Å². The van der Waals surface area contributed by atoms with Gasteiger partial charge in [0.1, 0.15) is 5.82 Å². The Bertz CT molecular complexity index is 512. The maximum Gasteiger partial charge on any atom is 0.191 e. The molecule has 0 aliphatic carbocycles. The summed E-state index contributed by atoms with van der Waals surface area (Å²) in [5, 5.41) is 0. The van der Waals surface area contributed by atoms with E-state index in [-0.39, 0.29) is 29.8 Å². The van der Waals surface area contributed by atoms with Crippen molar-refractivity contribution in [3.05, 3.63) is 30.1 Å². The summed E-state index contributed by atoms with van der Waals surface area (Å²) in [6.07, 6.45) is 0. The summed E-state index contributed by atoms with van der Waals surface area (Å²) in [6, 6.07) is 7.17. The number of nitrogens with two attached hydrogens (primary N) is 1. The molecule has 5 nitrogen and oxygen atoms in total. The third kappa shape index (κ3) is 6.08. The van der Waals surface area contributed by atoms with Crippen LogP contribution < -0.4 is 10.6 Å². The van der Waals surface area contributed by atoms with E-state index >= 15 is 0 Å². The number of rotatable bonds is 5. The van der Waals surface area contributed by atoms with E-state index in [1.54, 1.807) is 0 Å². The summed E-state index contributed by atoms with van der Waals surface area (Å²) in [4.78, 5) is 11.1. The van der Waals surface area contributed by atoms with E-state index in [4.69, 9.17) is 5.73 Å². The minimum atomic E-state index is -0.199. The lowest BCUT2D eigenvalue weighted by Gasteiger charge is -2.36. The molecule has 24 heavy (non-hydrogen) atoms. The molecule has 0 aromatic heterocycles. The van der Waals surface area contributed by atoms with E-state index in [1.807, 2.05) is 12.1 Å². The molecule has 1 aromatic carbocycles. The number of benzene rings is 1. The molecule has 1 aromatic rings. The number of guanidine groups is 1. The van der Waals surface area contributed by atoms with Crippen molar-refractivity contribution >= 4 is 35.6 Å². The fourth-order valence-electron chi connectivity index (χ4n) is 2.53. The highest BCUT2D eigenvalue weighted by atomic mass is 127. The third-order valence-electron chi connectivity index (χ3n) is 4.40. The lowest BCUT2D eigenvalue weighted by molar-refractivity contribution is 0.281. The van der Waals surface area contributed by atoms with Gasteiger partial charge in [-0.2, -0.15) is 0 Å². The van der Waals surface area contributed by atoms with Gasteiger partial charge < -0.3 is 20.4 Å². The zero-order valence-corrected chi connectivity index (χ0v) is 17.1. The molecular formula is C17H29FIN5. The lowest BCUT2D eigenvalue weighted by Crippen LogP contribution is -2.51. The zero-order chi connectivity index (χ0) is 16.8. The number of piperazine rings is 1. The smallest absolute Gasteiger partial charge is 0.191 e. The molecule has 0 radical (unpaired) electrons. The first kappa shape index (κ1) is 21.0. The van der Waals surface area contributed by atoms with E-state index in [9.17, 15) is 4.39 Å². The lowest BCUT2D eigenvalue weighted by atomic mass is 10.2. The Morgan fingerprint density at radius 3 is 2.33 bits per heavy atom. The second-order valence-corrected chi connectivity index (χ2v) is 6.26. The monoisotopic (exact) mass is 449 g/mol. The molecule has 1 heterocycles. The molecule has 0 atom stereocenters. The molecule has 2 rings (SSSR count). The Balaban J connectivity index is 0.00000288. The van der Waals surface area contributed by atoms with Gasteiger partial charge in [-0.05, 0) is 45.2 Å². The Morgan fingerprint density at radius 2 is 1.79 bits per heavy atom. The third-order valence-corrected chi connectivity index (χ3v) is 4.40. The van der Waals surface area contributed by atoms with Crippen molar-refractivity contribution in [3.63, 3.8) is 0 Å². The number of anilines is 1. The first-order chi connectivity index (χ1) is 11.0. The fourth-order valence-corrected chi connectivity index (χ4v) is 2.53. The zero-order valence-electron chi connectivity index (χ0n) is 14.8. The summed E-state index contributed by atoms with van der Waals surface area (Å²) in [7, 11) is 2.10. The molecule has 1 fully saturated rings. The van der Waals surface area contributed by atoms with Gasteiger partial charge in [0.05, 0.1) is 6.54 Å². The number of likely N-dealkylation sites (N-methyl/N-ethyl adjacent to an activating group) is 1. The summed E-state index contributed by atoms with van der Waals surface area (Å²) < 4.78 is 13.0. The van der Waals surface area contributed by atoms with Gasteiger partial charge in [0.15, 0.2) is 5.96 Å². The average Bonchev–Trinajstić information content (AvgIpc) is 2.55. The van der Waals surface area contributed by atoms with Gasteiger partial charge in [0.2, 0.25) is 0 Å². The van der Waals surface area contributed by atoms with Gasteiger partial charge in [-0.25, -0.2) is 4.39 Å². The van der Waals surface area contributed by atoms with E-state index in [0.717, 1.165) is 45.0 Å². The highest BCUT2D eigenvalue weighted by Gasteiger charge is 2.18. The highest BCUT2D eigenvalue weighted by Crippen LogP contribution is 2.16. The maximum absolute atomic E-state index is 13.0. The minimum Gasteiger partial charge on any atom is -0.370 e. The van der Waals surface area contributed by atoms with Gasteiger partial charge in [-0.1, -0.05) is 0 Å². The molecule has 0 amide bonds. The fraction of sp³-hybridized carbons (Fsp3) is 0.588. The molecule has 0 saturated carbocycles. The van der Waals surface area contributed by atoms with Gasteiger partial charge >= 0.3 is 0 Å². The van der Waals surface area contributed by atoms with Crippen LogP contribution in [0.1, 0.15) is 13.8 Å². The van der Waals surface area contributed by atoms with Crippen molar-refractivity contribution in [2.24, 2.45) is 10.7 Å². The molecule has 0 bridgehead atoms. The SMILES string of the molecule is CC(C)N(C)CCN=C(N)N1CCN(c2ccc(F)cc2)CC1.I. The van der Waals surface area contributed by atoms with Crippen LogP contribution in [-0.4, -0.2) is 68.1 Å². The molecule has 136 valence electrons. The molecule has 0 spiro atoms. The summed E-state index contributed by atoms with van der Waals surface area (Å²) in [6.45, 7) is 9.39. The van der Waals surface area contributed by atoms with Gasteiger partial charge in [-0.15, -0.1) is 24.0 Å². The number of hydrogen-bond acceptors (Lipinski definition) is 3. The van der Waals surface area contributed by atoms with Crippen molar-refractivity contribution in [1.29, 1.82) is 0 Å². The summed E-state index contributed by atoms with van der Waals surface area (Å²) >= 11 is 0. The molecule has 7 heteroatoms. The van der Waals surface area contributed by atoms with Crippen LogP contribution in [0.4, 0.5) is 10.1 Å². The van der Waals surface area contributed by atoms with Crippen molar-refractivity contribution < 1.29 is 4.39 Å². The Kier molecular flexibility index (Phi) is 8.75. The molecule has 1 saturated heterocycles. The Labute approximate surface area is 161 Å². The van der Waals surface area contributed by atoms with Crippen molar-refractivity contribution in [2.75, 3.05) is 51.2 Å². The van der Waals surface area contributed by atoms with Crippen LogP contribution in [0.2, 0.25) is 0 Å². The molecule has 2 N–H and O–H groups in total. The minimum absolute atomic E-state index is 0. The van der Waals surface area contributed by atoms with Crippen LogP contribution in [0, 0.1) is 5.82 Å². The quantitative estimate of drug-likeness (QED) is 0.426.